The summed E-state index contributed by atoms with van der Waals surface area (Å²) in [5, 5.41) is 15.3. The number of carboxylic acid groups (broad SMARTS) is 1. The van der Waals surface area contributed by atoms with Crippen LogP contribution in [0.25, 0.3) is 11.3 Å². The molecule has 0 unspecified atom stereocenters. The number of amides is 1. The van der Waals surface area contributed by atoms with Crippen LogP contribution < -0.4 is 15.4 Å². The number of fused-ring (bicyclic) bond motifs is 1. The lowest BCUT2D eigenvalue weighted by Crippen LogP contribution is -2.25. The Balaban J connectivity index is 1.76. The zero-order chi connectivity index (χ0) is 20.3. The van der Waals surface area contributed by atoms with Gasteiger partial charge in [-0.3, -0.25) is 4.79 Å². The van der Waals surface area contributed by atoms with E-state index in [0.717, 1.165) is 5.56 Å². The number of aromatic nitrogens is 2. The molecule has 2 heterocycles. The minimum atomic E-state index is -1.05. The van der Waals surface area contributed by atoms with Gasteiger partial charge >= 0.3 is 5.97 Å². The molecule has 3 rings (SSSR count). The quantitative estimate of drug-likeness (QED) is 0.659. The predicted molar refractivity (Wildman–Crippen MR) is 104 cm³/mol. The topological polar surface area (TPSA) is 113 Å². The monoisotopic (exact) mass is 380 g/mol. The normalized spacial score (nSPS) is 13.2. The Morgan fingerprint density at radius 1 is 1.39 bits per heavy atom. The van der Waals surface area contributed by atoms with E-state index in [1.807, 2.05) is 12.1 Å². The van der Waals surface area contributed by atoms with Crippen molar-refractivity contribution >= 4 is 28.8 Å². The molecule has 0 atom stereocenters. The zero-order valence-corrected chi connectivity index (χ0v) is 15.6. The lowest BCUT2D eigenvalue weighted by atomic mass is 10.0. The number of benzene rings is 1. The molecule has 1 amide bonds. The summed E-state index contributed by atoms with van der Waals surface area (Å²) < 4.78 is 5.35. The molecule has 1 aliphatic heterocycles. The highest BCUT2D eigenvalue weighted by atomic mass is 16.5. The first-order chi connectivity index (χ1) is 13.4. The maximum atomic E-state index is 11.5. The van der Waals surface area contributed by atoms with Crippen LogP contribution in [0.4, 0.5) is 5.69 Å². The van der Waals surface area contributed by atoms with Gasteiger partial charge in [-0.1, -0.05) is 18.7 Å². The molecule has 144 valence electrons. The smallest absolute Gasteiger partial charge is 0.337 e. The van der Waals surface area contributed by atoms with Crippen LogP contribution in [0.3, 0.4) is 0 Å². The first-order valence-electron chi connectivity index (χ1n) is 8.61. The van der Waals surface area contributed by atoms with Crippen molar-refractivity contribution in [1.82, 2.24) is 15.3 Å². The third-order valence-corrected chi connectivity index (χ3v) is 4.33. The van der Waals surface area contributed by atoms with Crippen LogP contribution >= 0.6 is 0 Å². The molecule has 1 aliphatic rings. The van der Waals surface area contributed by atoms with E-state index in [2.05, 4.69) is 27.2 Å². The Bertz CT molecular complexity index is 998. The Morgan fingerprint density at radius 2 is 2.14 bits per heavy atom. The number of nitrogens with zero attached hydrogens (tertiary/aromatic N) is 2. The zero-order valence-electron chi connectivity index (χ0n) is 15.6. The van der Waals surface area contributed by atoms with E-state index in [-0.39, 0.29) is 18.1 Å². The Labute approximate surface area is 162 Å². The summed E-state index contributed by atoms with van der Waals surface area (Å²) in [4.78, 5) is 31.2. The van der Waals surface area contributed by atoms with Crippen molar-refractivity contribution in [3.05, 3.63) is 59.7 Å². The van der Waals surface area contributed by atoms with Gasteiger partial charge in [0.05, 0.1) is 28.3 Å². The summed E-state index contributed by atoms with van der Waals surface area (Å²) in [6, 6.07) is 5.51. The number of ether oxygens (including phenoxy) is 1. The second kappa shape index (κ2) is 7.91. The fourth-order valence-electron chi connectivity index (χ4n) is 2.92. The maximum absolute atomic E-state index is 11.5. The van der Waals surface area contributed by atoms with E-state index >= 15 is 0 Å². The molecule has 3 N–H and O–H groups in total. The molecule has 1 aromatic carbocycles. The largest absolute Gasteiger partial charge is 0.482 e. The fourth-order valence-corrected chi connectivity index (χ4v) is 2.92. The molecule has 0 saturated heterocycles. The minimum Gasteiger partial charge on any atom is -0.482 e. The van der Waals surface area contributed by atoms with Crippen molar-refractivity contribution in [2.75, 3.05) is 11.9 Å². The summed E-state index contributed by atoms with van der Waals surface area (Å²) >= 11 is 0. The molecule has 2 aromatic rings. The molecule has 0 saturated carbocycles. The highest BCUT2D eigenvalue weighted by molar-refractivity contribution is 6.15. The van der Waals surface area contributed by atoms with Gasteiger partial charge < -0.3 is 20.5 Å². The highest BCUT2D eigenvalue weighted by Crippen LogP contribution is 2.28. The van der Waals surface area contributed by atoms with E-state index in [1.165, 1.54) is 12.4 Å². The van der Waals surface area contributed by atoms with Crippen LogP contribution in [0.5, 0.6) is 5.75 Å². The average Bonchev–Trinajstić information content (AvgIpc) is 2.67. The third-order valence-electron chi connectivity index (χ3n) is 4.33. The van der Waals surface area contributed by atoms with Crippen LogP contribution in [0.2, 0.25) is 0 Å². The van der Waals surface area contributed by atoms with Gasteiger partial charge in [0.1, 0.15) is 12.1 Å². The summed E-state index contributed by atoms with van der Waals surface area (Å²) in [7, 11) is 0. The molecular weight excluding hydrogens is 360 g/mol. The molecule has 0 bridgehead atoms. The van der Waals surface area contributed by atoms with Crippen molar-refractivity contribution in [2.24, 2.45) is 0 Å². The maximum Gasteiger partial charge on any atom is 0.337 e. The van der Waals surface area contributed by atoms with Crippen LogP contribution in [0.1, 0.15) is 29.4 Å². The molecular formula is C20H20N4O4. The first kappa shape index (κ1) is 19.1. The minimum absolute atomic E-state index is 0.0151. The highest BCUT2D eigenvalue weighted by Gasteiger charge is 2.18. The second-order valence-electron chi connectivity index (χ2n) is 6.20. The number of allylic oxidation sites excluding steroid dienone is 1. The number of hydrogen-bond donors (Lipinski definition) is 3. The molecule has 1 aromatic heterocycles. The number of rotatable bonds is 6. The number of hydrogen-bond acceptors (Lipinski definition) is 6. The summed E-state index contributed by atoms with van der Waals surface area (Å²) in [5.74, 6) is -0.609. The predicted octanol–water partition coefficient (Wildman–Crippen LogP) is 2.36. The third kappa shape index (κ3) is 3.85. The number of nitrogens with one attached hydrogen (secondary N) is 2. The van der Waals surface area contributed by atoms with Crippen molar-refractivity contribution in [2.45, 2.75) is 20.4 Å². The Hall–Kier alpha value is -3.68. The van der Waals surface area contributed by atoms with E-state index in [9.17, 15) is 14.7 Å². The average molecular weight is 380 g/mol. The molecule has 0 aliphatic carbocycles. The van der Waals surface area contributed by atoms with Gasteiger partial charge in [0.2, 0.25) is 0 Å². The summed E-state index contributed by atoms with van der Waals surface area (Å²) in [5.41, 5.74) is 3.72. The molecule has 0 spiro atoms. The fraction of sp³-hybridized carbons (Fsp3) is 0.200. The standard InChI is InChI=1S/C20H20N4O4/c1-4-14(20(26)27)19-11(2)18(22-10-23-19)12(3)21-8-13-5-6-16-15(7-13)24-17(25)9-28-16/h4-7,10,21H,3,8-9H2,1-2H3,(H,24,25)(H,26,27)/b14-4+. The number of carbonyl (C=O) groups excluding carboxylic acids is 1. The number of carboxylic acids is 1. The lowest BCUT2D eigenvalue weighted by molar-refractivity contribution is -0.130. The van der Waals surface area contributed by atoms with Crippen molar-refractivity contribution in [3.8, 4) is 5.75 Å². The van der Waals surface area contributed by atoms with Crippen LogP contribution in [-0.2, 0) is 16.1 Å². The molecule has 8 heteroatoms. The van der Waals surface area contributed by atoms with Crippen LogP contribution in [-0.4, -0.2) is 33.6 Å². The van der Waals surface area contributed by atoms with Crippen LogP contribution in [0.15, 0.2) is 37.2 Å². The lowest BCUT2D eigenvalue weighted by Gasteiger charge is -2.19. The van der Waals surface area contributed by atoms with E-state index in [0.29, 0.717) is 40.6 Å². The van der Waals surface area contributed by atoms with Crippen LogP contribution in [0, 0.1) is 6.92 Å². The van der Waals surface area contributed by atoms with Gasteiger partial charge in [0.25, 0.3) is 5.91 Å². The van der Waals surface area contributed by atoms with Crippen molar-refractivity contribution in [1.29, 1.82) is 0 Å². The number of carbonyl (C=O) groups is 2. The molecule has 0 fully saturated rings. The number of anilines is 1. The van der Waals surface area contributed by atoms with E-state index < -0.39 is 5.97 Å². The Kier molecular flexibility index (Phi) is 5.39. The molecule has 8 nitrogen and oxygen atoms in total. The SMILES string of the molecule is C=C(NCc1ccc2c(c1)NC(=O)CO2)c1ncnc(/C(=C\C)C(=O)O)c1C. The summed E-state index contributed by atoms with van der Waals surface area (Å²) in [6.07, 6.45) is 2.82. The summed E-state index contributed by atoms with van der Waals surface area (Å²) in [6.45, 7) is 7.87. The second-order valence-corrected chi connectivity index (χ2v) is 6.20. The first-order valence-corrected chi connectivity index (χ1v) is 8.61. The van der Waals surface area contributed by atoms with Gasteiger partial charge in [-0.2, -0.15) is 0 Å². The van der Waals surface area contributed by atoms with Crippen molar-refractivity contribution in [3.63, 3.8) is 0 Å². The van der Waals surface area contributed by atoms with Gasteiger partial charge in [-0.25, -0.2) is 14.8 Å². The van der Waals surface area contributed by atoms with Gasteiger partial charge in [-0.15, -0.1) is 0 Å². The van der Waals surface area contributed by atoms with E-state index in [1.54, 1.807) is 19.9 Å². The van der Waals surface area contributed by atoms with Gasteiger partial charge in [-0.05, 0) is 31.5 Å². The van der Waals surface area contributed by atoms with Gasteiger partial charge in [0.15, 0.2) is 6.61 Å². The van der Waals surface area contributed by atoms with E-state index in [4.69, 9.17) is 4.74 Å². The van der Waals surface area contributed by atoms with Gasteiger partial charge in [0, 0.05) is 12.1 Å². The molecule has 28 heavy (non-hydrogen) atoms. The van der Waals surface area contributed by atoms with Crippen molar-refractivity contribution < 1.29 is 19.4 Å². The molecule has 0 radical (unpaired) electrons. The number of aliphatic carboxylic acids is 1. The Morgan fingerprint density at radius 3 is 2.86 bits per heavy atom.